The summed E-state index contributed by atoms with van der Waals surface area (Å²) >= 11 is 0. The van der Waals surface area contributed by atoms with Crippen LogP contribution >= 0.6 is 0 Å². The highest BCUT2D eigenvalue weighted by Gasteiger charge is 2.75. The Morgan fingerprint density at radius 2 is 1.78 bits per heavy atom. The minimum Gasteiger partial charge on any atom is -0.481 e. The van der Waals surface area contributed by atoms with E-state index in [4.69, 9.17) is 5.11 Å². The number of amides is 3. The molecule has 2 bridgehead atoms. The van der Waals surface area contributed by atoms with E-state index in [1.54, 1.807) is 0 Å². The van der Waals surface area contributed by atoms with Crippen LogP contribution in [0.5, 0.6) is 0 Å². The van der Waals surface area contributed by atoms with Gasteiger partial charge in [0.15, 0.2) is 0 Å². The van der Waals surface area contributed by atoms with Crippen LogP contribution in [0.15, 0.2) is 0 Å². The van der Waals surface area contributed by atoms with Gasteiger partial charge >= 0.3 is 12.0 Å². The number of carbonyl (C=O) groups excluding carboxylic acids is 2. The van der Waals surface area contributed by atoms with Gasteiger partial charge in [0, 0.05) is 32.7 Å². The first kappa shape index (κ1) is 14.8. The summed E-state index contributed by atoms with van der Waals surface area (Å²) in [7, 11) is 0. The number of nitrogens with one attached hydrogen (secondary N) is 1. The lowest BCUT2D eigenvalue weighted by molar-refractivity contribution is -0.226. The first-order valence-electron chi connectivity index (χ1n) is 8.50. The molecule has 7 nitrogen and oxygen atoms in total. The van der Waals surface area contributed by atoms with Crippen LogP contribution in [0, 0.1) is 16.7 Å². The fourth-order valence-corrected chi connectivity index (χ4v) is 4.89. The number of likely N-dealkylation sites (tertiary alicyclic amines) is 1. The molecule has 3 aliphatic carbocycles. The van der Waals surface area contributed by atoms with Gasteiger partial charge in [-0.2, -0.15) is 0 Å². The highest BCUT2D eigenvalue weighted by Crippen LogP contribution is 2.74. The largest absolute Gasteiger partial charge is 0.481 e. The number of rotatable bonds is 4. The maximum absolute atomic E-state index is 12.7. The summed E-state index contributed by atoms with van der Waals surface area (Å²) in [4.78, 5) is 39.2. The maximum Gasteiger partial charge on any atom is 0.317 e. The van der Waals surface area contributed by atoms with Crippen LogP contribution in [-0.4, -0.2) is 65.5 Å². The van der Waals surface area contributed by atoms with Crippen LogP contribution in [0.25, 0.3) is 0 Å². The Hall–Kier alpha value is -1.79. The summed E-state index contributed by atoms with van der Waals surface area (Å²) in [5.74, 6) is -0.117. The molecule has 23 heavy (non-hydrogen) atoms. The number of carboxylic acids is 1. The van der Waals surface area contributed by atoms with Crippen molar-refractivity contribution >= 4 is 17.9 Å². The van der Waals surface area contributed by atoms with Gasteiger partial charge in [0.05, 0.1) is 10.8 Å². The minimum absolute atomic E-state index is 0.0244. The summed E-state index contributed by atoms with van der Waals surface area (Å²) < 4.78 is 0. The number of urea groups is 1. The lowest BCUT2D eigenvalue weighted by Crippen LogP contribution is -2.71. The topological polar surface area (TPSA) is 90.0 Å². The van der Waals surface area contributed by atoms with Crippen LogP contribution in [0.2, 0.25) is 0 Å². The van der Waals surface area contributed by atoms with E-state index in [1.165, 1.54) is 0 Å². The van der Waals surface area contributed by atoms with Crippen LogP contribution < -0.4 is 5.32 Å². The Kier molecular flexibility index (Phi) is 3.12. The minimum atomic E-state index is -0.741. The quantitative estimate of drug-likeness (QED) is 0.789. The van der Waals surface area contributed by atoms with E-state index in [0.29, 0.717) is 25.2 Å². The fraction of sp³-hybridized carbons (Fsp3) is 0.812. The second kappa shape index (κ2) is 4.85. The monoisotopic (exact) mass is 321 g/mol. The van der Waals surface area contributed by atoms with E-state index in [9.17, 15) is 14.4 Å². The van der Waals surface area contributed by atoms with E-state index < -0.39 is 11.4 Å². The van der Waals surface area contributed by atoms with Gasteiger partial charge in [-0.05, 0) is 38.0 Å². The third kappa shape index (κ3) is 2.12. The van der Waals surface area contributed by atoms with Crippen molar-refractivity contribution in [2.45, 2.75) is 32.1 Å². The second-order valence-electron chi connectivity index (χ2n) is 7.81. The lowest BCUT2D eigenvalue weighted by atomic mass is 9.34. The molecule has 2 saturated heterocycles. The molecule has 5 aliphatic rings. The Morgan fingerprint density at radius 3 is 2.30 bits per heavy atom. The summed E-state index contributed by atoms with van der Waals surface area (Å²) in [5, 5.41) is 12.0. The predicted octanol–water partition coefficient (Wildman–Crippen LogP) is 0.505. The summed E-state index contributed by atoms with van der Waals surface area (Å²) in [6, 6.07) is 0.0244. The van der Waals surface area contributed by atoms with Gasteiger partial charge in [0.1, 0.15) is 0 Å². The molecule has 3 saturated carbocycles. The molecular formula is C16H23N3O4. The average Bonchev–Trinajstić information content (AvgIpc) is 2.81. The summed E-state index contributed by atoms with van der Waals surface area (Å²) in [6.07, 6.45) is 3.44. The summed E-state index contributed by atoms with van der Waals surface area (Å²) in [5.41, 5.74) is -0.947. The van der Waals surface area contributed by atoms with E-state index in [0.717, 1.165) is 45.6 Å². The summed E-state index contributed by atoms with van der Waals surface area (Å²) in [6.45, 7) is 3.76. The van der Waals surface area contributed by atoms with Gasteiger partial charge in [-0.15, -0.1) is 0 Å². The zero-order chi connectivity index (χ0) is 16.2. The molecule has 5 rings (SSSR count). The molecule has 2 aliphatic heterocycles. The molecule has 0 atom stereocenters. The van der Waals surface area contributed by atoms with Crippen molar-refractivity contribution < 1.29 is 19.5 Å². The third-order valence-corrected chi connectivity index (χ3v) is 6.26. The van der Waals surface area contributed by atoms with Crippen LogP contribution in [0.1, 0.15) is 32.1 Å². The van der Waals surface area contributed by atoms with E-state index in [-0.39, 0.29) is 17.4 Å². The molecule has 3 amide bonds. The third-order valence-electron chi connectivity index (χ3n) is 6.26. The van der Waals surface area contributed by atoms with E-state index in [2.05, 4.69) is 5.32 Å². The first-order valence-corrected chi connectivity index (χ1v) is 8.50. The van der Waals surface area contributed by atoms with Gasteiger partial charge in [-0.1, -0.05) is 0 Å². The zero-order valence-corrected chi connectivity index (χ0v) is 13.2. The van der Waals surface area contributed by atoms with Crippen molar-refractivity contribution in [2.75, 3.05) is 32.7 Å². The Morgan fingerprint density at radius 1 is 1.13 bits per heavy atom. The molecule has 0 spiro atoms. The molecule has 5 fully saturated rings. The number of carbonyl (C=O) groups is 3. The highest BCUT2D eigenvalue weighted by atomic mass is 16.4. The number of carboxylic acid groups (broad SMARTS) is 1. The maximum atomic E-state index is 12.7. The van der Waals surface area contributed by atoms with Crippen LogP contribution in [0.4, 0.5) is 4.79 Å². The number of piperidine rings is 1. The Bertz CT molecular complexity index is 548. The molecule has 7 heteroatoms. The molecule has 126 valence electrons. The van der Waals surface area contributed by atoms with Crippen molar-refractivity contribution in [3.05, 3.63) is 0 Å². The molecule has 0 unspecified atom stereocenters. The normalized spacial score (nSPS) is 36.3. The zero-order valence-electron chi connectivity index (χ0n) is 13.2. The van der Waals surface area contributed by atoms with Gasteiger partial charge in [0.2, 0.25) is 5.91 Å². The average molecular weight is 321 g/mol. The van der Waals surface area contributed by atoms with Crippen molar-refractivity contribution in [3.63, 3.8) is 0 Å². The van der Waals surface area contributed by atoms with Crippen molar-refractivity contribution in [1.29, 1.82) is 0 Å². The highest BCUT2D eigenvalue weighted by molar-refractivity contribution is 5.93. The van der Waals surface area contributed by atoms with E-state index in [1.807, 2.05) is 9.80 Å². The molecule has 0 aromatic carbocycles. The van der Waals surface area contributed by atoms with Crippen LogP contribution in [0.3, 0.4) is 0 Å². The van der Waals surface area contributed by atoms with Gasteiger partial charge in [0.25, 0.3) is 0 Å². The van der Waals surface area contributed by atoms with Gasteiger partial charge < -0.3 is 20.2 Å². The standard InChI is InChI=1S/C16H23N3O4/c20-12(15-8-16(9-15,10-15)13(21)22)18-4-1-11(2-5-18)7-19-6-3-17-14(19)23/h11H,1-10H2,(H,17,23)(H,21,22). The molecule has 2 N–H and O–H groups in total. The van der Waals surface area contributed by atoms with Crippen molar-refractivity contribution in [2.24, 2.45) is 16.7 Å². The number of aliphatic carboxylic acids is 1. The number of hydrogen-bond donors (Lipinski definition) is 2. The van der Waals surface area contributed by atoms with E-state index >= 15 is 0 Å². The molecule has 0 radical (unpaired) electrons. The fourth-order valence-electron chi connectivity index (χ4n) is 4.89. The molecule has 0 aromatic heterocycles. The first-order chi connectivity index (χ1) is 10.9. The van der Waals surface area contributed by atoms with Crippen molar-refractivity contribution in [1.82, 2.24) is 15.1 Å². The molecule has 0 aromatic rings. The Balaban J connectivity index is 1.27. The van der Waals surface area contributed by atoms with Gasteiger partial charge in [-0.3, -0.25) is 9.59 Å². The predicted molar refractivity (Wildman–Crippen MR) is 80.6 cm³/mol. The van der Waals surface area contributed by atoms with Crippen LogP contribution in [-0.2, 0) is 9.59 Å². The van der Waals surface area contributed by atoms with Gasteiger partial charge in [-0.25, -0.2) is 4.79 Å². The van der Waals surface area contributed by atoms with Crippen molar-refractivity contribution in [3.8, 4) is 0 Å². The lowest BCUT2D eigenvalue weighted by Gasteiger charge is -2.67. The number of nitrogens with zero attached hydrogens (tertiary/aromatic N) is 2. The SMILES string of the molecule is O=C1NCCN1CC1CCN(C(=O)C23CC(C(=O)O)(C2)C3)CC1. The molecular weight excluding hydrogens is 298 g/mol. The second-order valence-corrected chi connectivity index (χ2v) is 7.81. The Labute approximate surface area is 135 Å². The smallest absolute Gasteiger partial charge is 0.317 e. The number of hydrogen-bond acceptors (Lipinski definition) is 3. The molecule has 2 heterocycles.